The second-order valence-electron chi connectivity index (χ2n) is 4.94. The number of hydrogen-bond acceptors (Lipinski definition) is 5. The van der Waals surface area contributed by atoms with E-state index >= 15 is 0 Å². The molecule has 2 N–H and O–H groups in total. The Bertz CT molecular complexity index is 598. The number of nitrogens with two attached hydrogens (primary N) is 1. The van der Waals surface area contributed by atoms with Gasteiger partial charge in [-0.1, -0.05) is 0 Å². The molecule has 104 valence electrons. The van der Waals surface area contributed by atoms with Gasteiger partial charge < -0.3 is 10.6 Å². The van der Waals surface area contributed by atoms with Gasteiger partial charge in [0.25, 0.3) is 5.91 Å². The molecule has 1 aliphatic rings. The van der Waals surface area contributed by atoms with Gasteiger partial charge in [-0.15, -0.1) is 11.3 Å². The summed E-state index contributed by atoms with van der Waals surface area (Å²) < 4.78 is 0. The molecule has 0 unspecified atom stereocenters. The topological polar surface area (TPSA) is 72.1 Å². The molecule has 3 heterocycles. The van der Waals surface area contributed by atoms with Gasteiger partial charge in [-0.2, -0.15) is 0 Å². The largest absolute Gasteiger partial charge is 0.375 e. The molecule has 1 atom stereocenters. The third-order valence-corrected chi connectivity index (χ3v) is 4.27. The Hall–Kier alpha value is -1.95. The molecule has 2 aromatic heterocycles. The maximum absolute atomic E-state index is 12.4. The molecule has 1 fully saturated rings. The maximum Gasteiger partial charge on any atom is 0.255 e. The number of nitrogen functional groups attached to an aromatic ring is 1. The van der Waals surface area contributed by atoms with Crippen LogP contribution in [0.15, 0.2) is 29.9 Å². The van der Waals surface area contributed by atoms with Crippen LogP contribution in [-0.4, -0.2) is 33.9 Å². The number of hydrogen-bond donors (Lipinski definition) is 1. The predicted octanol–water partition coefficient (Wildman–Crippen LogP) is 2.14. The first-order valence-corrected chi connectivity index (χ1v) is 7.52. The number of aromatic nitrogens is 2. The molecular formula is C14H16N4OS. The first kappa shape index (κ1) is 13.1. The minimum Gasteiger partial charge on any atom is -0.375 e. The van der Waals surface area contributed by atoms with E-state index in [2.05, 4.69) is 9.97 Å². The van der Waals surface area contributed by atoms with Crippen LogP contribution >= 0.6 is 11.3 Å². The second kappa shape index (κ2) is 5.58. The number of carbonyl (C=O) groups is 1. The van der Waals surface area contributed by atoms with E-state index in [0.29, 0.717) is 17.2 Å². The van der Waals surface area contributed by atoms with Gasteiger partial charge >= 0.3 is 0 Å². The normalized spacial score (nSPS) is 19.0. The molecule has 5 nitrogen and oxygen atoms in total. The fourth-order valence-electron chi connectivity index (χ4n) is 2.56. The van der Waals surface area contributed by atoms with E-state index in [1.54, 1.807) is 24.5 Å². The summed E-state index contributed by atoms with van der Waals surface area (Å²) in [5, 5.41) is 2.59. The molecule has 0 saturated carbocycles. The second-order valence-corrected chi connectivity index (χ2v) is 5.83. The highest BCUT2D eigenvalue weighted by molar-refractivity contribution is 7.13. The summed E-state index contributed by atoms with van der Waals surface area (Å²) >= 11 is 1.46. The molecule has 0 aromatic carbocycles. The van der Waals surface area contributed by atoms with Crippen LogP contribution in [0.3, 0.4) is 0 Å². The van der Waals surface area contributed by atoms with E-state index < -0.39 is 0 Å². The van der Waals surface area contributed by atoms with Gasteiger partial charge in [-0.3, -0.25) is 9.78 Å². The van der Waals surface area contributed by atoms with Crippen LogP contribution in [0.2, 0.25) is 0 Å². The Balaban J connectivity index is 1.74. The zero-order valence-corrected chi connectivity index (χ0v) is 11.8. The van der Waals surface area contributed by atoms with Crippen LogP contribution in [0.5, 0.6) is 0 Å². The summed E-state index contributed by atoms with van der Waals surface area (Å²) in [7, 11) is 0. The van der Waals surface area contributed by atoms with Crippen LogP contribution in [0, 0.1) is 0 Å². The number of thiazole rings is 1. The average Bonchev–Trinajstić information content (AvgIpc) is 2.94. The summed E-state index contributed by atoms with van der Waals surface area (Å²) in [6.45, 7) is 1.50. The van der Waals surface area contributed by atoms with E-state index in [9.17, 15) is 4.79 Å². The monoisotopic (exact) mass is 288 g/mol. The SMILES string of the molecule is Nc1nc([C@H]2CCCN(C(=O)c3cccnc3)C2)cs1. The molecule has 2 aromatic rings. The van der Waals surface area contributed by atoms with Gasteiger partial charge in [-0.25, -0.2) is 4.98 Å². The Morgan fingerprint density at radius 1 is 1.50 bits per heavy atom. The van der Waals surface area contributed by atoms with Crippen molar-refractivity contribution < 1.29 is 4.79 Å². The number of nitrogens with zero attached hydrogens (tertiary/aromatic N) is 3. The van der Waals surface area contributed by atoms with Crippen molar-refractivity contribution in [2.45, 2.75) is 18.8 Å². The Morgan fingerprint density at radius 2 is 2.40 bits per heavy atom. The highest BCUT2D eigenvalue weighted by Crippen LogP contribution is 2.29. The standard InChI is InChI=1S/C14H16N4OS/c15-14-17-12(9-20-14)11-4-2-6-18(8-11)13(19)10-3-1-5-16-7-10/h1,3,5,7,9,11H,2,4,6,8H2,(H2,15,17)/t11-/m0/s1. The van der Waals surface area contributed by atoms with Crippen molar-refractivity contribution >= 4 is 22.4 Å². The smallest absolute Gasteiger partial charge is 0.255 e. The zero-order valence-electron chi connectivity index (χ0n) is 11.0. The van der Waals surface area contributed by atoms with Gasteiger partial charge in [0, 0.05) is 36.8 Å². The number of piperidine rings is 1. The van der Waals surface area contributed by atoms with E-state index in [4.69, 9.17) is 5.73 Å². The highest BCUT2D eigenvalue weighted by atomic mass is 32.1. The minimum atomic E-state index is 0.0472. The maximum atomic E-state index is 12.4. The van der Waals surface area contributed by atoms with Crippen molar-refractivity contribution in [3.05, 3.63) is 41.2 Å². The number of amides is 1. The zero-order chi connectivity index (χ0) is 13.9. The number of anilines is 1. The Labute approximate surface area is 121 Å². The Morgan fingerprint density at radius 3 is 3.10 bits per heavy atom. The van der Waals surface area contributed by atoms with Gasteiger partial charge in [-0.05, 0) is 25.0 Å². The molecule has 1 aliphatic heterocycles. The molecule has 1 saturated heterocycles. The number of pyridine rings is 1. The average molecular weight is 288 g/mol. The quantitative estimate of drug-likeness (QED) is 0.919. The first-order valence-electron chi connectivity index (χ1n) is 6.64. The fourth-order valence-corrected chi connectivity index (χ4v) is 3.21. The highest BCUT2D eigenvalue weighted by Gasteiger charge is 2.26. The Kier molecular flexibility index (Phi) is 3.64. The first-order chi connectivity index (χ1) is 9.74. The lowest BCUT2D eigenvalue weighted by atomic mass is 9.95. The van der Waals surface area contributed by atoms with Crippen molar-refractivity contribution in [1.29, 1.82) is 0 Å². The van der Waals surface area contributed by atoms with Gasteiger partial charge in [0.2, 0.25) is 0 Å². The molecule has 3 rings (SSSR count). The molecule has 0 bridgehead atoms. The van der Waals surface area contributed by atoms with Crippen molar-refractivity contribution in [2.75, 3.05) is 18.8 Å². The van der Waals surface area contributed by atoms with Gasteiger partial charge in [0.15, 0.2) is 5.13 Å². The van der Waals surface area contributed by atoms with E-state index in [1.165, 1.54) is 11.3 Å². The van der Waals surface area contributed by atoms with E-state index in [1.807, 2.05) is 10.3 Å². The summed E-state index contributed by atoms with van der Waals surface area (Å²) in [5.41, 5.74) is 7.34. The molecule has 0 radical (unpaired) electrons. The van der Waals surface area contributed by atoms with E-state index in [-0.39, 0.29) is 11.8 Å². The van der Waals surface area contributed by atoms with Crippen molar-refractivity contribution in [3.8, 4) is 0 Å². The van der Waals surface area contributed by atoms with Gasteiger partial charge in [0.05, 0.1) is 11.3 Å². The van der Waals surface area contributed by atoms with Crippen molar-refractivity contribution in [1.82, 2.24) is 14.9 Å². The predicted molar refractivity (Wildman–Crippen MR) is 78.6 cm³/mol. The van der Waals surface area contributed by atoms with E-state index in [0.717, 1.165) is 25.1 Å². The summed E-state index contributed by atoms with van der Waals surface area (Å²) in [5.74, 6) is 0.337. The van der Waals surface area contributed by atoms with Gasteiger partial charge in [0.1, 0.15) is 0 Å². The lowest BCUT2D eigenvalue weighted by molar-refractivity contribution is 0.0705. The van der Waals surface area contributed by atoms with Crippen molar-refractivity contribution in [3.63, 3.8) is 0 Å². The molecule has 0 aliphatic carbocycles. The summed E-state index contributed by atoms with van der Waals surface area (Å²) in [6, 6.07) is 3.59. The molecule has 6 heteroatoms. The summed E-state index contributed by atoms with van der Waals surface area (Å²) in [6.07, 6.45) is 5.34. The lowest BCUT2D eigenvalue weighted by Gasteiger charge is -2.32. The number of rotatable bonds is 2. The van der Waals surface area contributed by atoms with Crippen LogP contribution < -0.4 is 5.73 Å². The molecule has 1 amide bonds. The summed E-state index contributed by atoms with van der Waals surface area (Å²) in [4.78, 5) is 22.7. The van der Waals surface area contributed by atoms with Crippen LogP contribution in [0.4, 0.5) is 5.13 Å². The van der Waals surface area contributed by atoms with Crippen LogP contribution in [0.1, 0.15) is 34.8 Å². The molecule has 0 spiro atoms. The number of carbonyl (C=O) groups excluding carboxylic acids is 1. The minimum absolute atomic E-state index is 0.0472. The lowest BCUT2D eigenvalue weighted by Crippen LogP contribution is -2.39. The fraction of sp³-hybridized carbons (Fsp3) is 0.357. The third kappa shape index (κ3) is 2.65. The molecule has 20 heavy (non-hydrogen) atoms. The molecular weight excluding hydrogens is 272 g/mol. The number of likely N-dealkylation sites (tertiary alicyclic amines) is 1. The van der Waals surface area contributed by atoms with Crippen LogP contribution in [-0.2, 0) is 0 Å². The van der Waals surface area contributed by atoms with Crippen molar-refractivity contribution in [2.24, 2.45) is 0 Å². The third-order valence-electron chi connectivity index (χ3n) is 3.58. The van der Waals surface area contributed by atoms with Crippen LogP contribution in [0.25, 0.3) is 0 Å².